The van der Waals surface area contributed by atoms with Gasteiger partial charge < -0.3 is 10.6 Å². The van der Waals surface area contributed by atoms with E-state index in [0.29, 0.717) is 11.5 Å². The number of nitrogens with zero attached hydrogens (tertiary/aromatic N) is 3. The quantitative estimate of drug-likeness (QED) is 0.366. The van der Waals surface area contributed by atoms with Gasteiger partial charge in [-0.3, -0.25) is 9.67 Å². The van der Waals surface area contributed by atoms with E-state index in [1.165, 1.54) is 17.7 Å². The lowest BCUT2D eigenvalue weighted by atomic mass is 9.89. The summed E-state index contributed by atoms with van der Waals surface area (Å²) < 4.78 is 1.95. The van der Waals surface area contributed by atoms with Crippen LogP contribution in [0.3, 0.4) is 0 Å². The zero-order chi connectivity index (χ0) is 18.3. The molecule has 0 radical (unpaired) electrons. The van der Waals surface area contributed by atoms with Gasteiger partial charge in [-0.05, 0) is 57.9 Å². The molecule has 6 heteroatoms. The average Bonchev–Trinajstić information content (AvgIpc) is 2.71. The van der Waals surface area contributed by atoms with Crippen LogP contribution < -0.4 is 10.6 Å². The van der Waals surface area contributed by atoms with Gasteiger partial charge in [-0.1, -0.05) is 20.8 Å². The second-order valence-corrected chi connectivity index (χ2v) is 7.93. The Morgan fingerprint density at radius 2 is 1.92 bits per heavy atom. The van der Waals surface area contributed by atoms with Gasteiger partial charge in [0.05, 0.1) is 5.69 Å². The van der Waals surface area contributed by atoms with Crippen LogP contribution in [0.25, 0.3) is 0 Å². The zero-order valence-electron chi connectivity index (χ0n) is 17.4. The highest BCUT2D eigenvalue weighted by Crippen LogP contribution is 2.21. The molecular formula is C19H38IN5. The van der Waals surface area contributed by atoms with Gasteiger partial charge in [-0.15, -0.1) is 24.0 Å². The van der Waals surface area contributed by atoms with Crippen molar-refractivity contribution in [3.63, 3.8) is 0 Å². The Hall–Kier alpha value is -0.790. The number of aryl methyl sites for hydroxylation is 2. The van der Waals surface area contributed by atoms with E-state index in [-0.39, 0.29) is 24.0 Å². The average molecular weight is 463 g/mol. The number of halogens is 1. The number of nitrogens with one attached hydrogen (secondary N) is 2. The van der Waals surface area contributed by atoms with E-state index in [2.05, 4.69) is 64.2 Å². The highest BCUT2D eigenvalue weighted by molar-refractivity contribution is 14.0. The van der Waals surface area contributed by atoms with Gasteiger partial charge in [0.25, 0.3) is 0 Å². The smallest absolute Gasteiger partial charge is 0.191 e. The van der Waals surface area contributed by atoms with Crippen molar-refractivity contribution >= 4 is 29.9 Å². The van der Waals surface area contributed by atoms with Crippen LogP contribution >= 0.6 is 24.0 Å². The first-order chi connectivity index (χ1) is 11.1. The Morgan fingerprint density at radius 1 is 1.28 bits per heavy atom. The second kappa shape index (κ2) is 11.0. The molecular weight excluding hydrogens is 425 g/mol. The normalized spacial score (nSPS) is 13.4. The lowest BCUT2D eigenvalue weighted by Gasteiger charge is -2.23. The number of hydrogen-bond donors (Lipinski definition) is 2. The summed E-state index contributed by atoms with van der Waals surface area (Å²) in [5, 5.41) is 11.4. The molecule has 2 N–H and O–H groups in total. The van der Waals surface area contributed by atoms with Gasteiger partial charge in [0.1, 0.15) is 0 Å². The molecule has 0 aliphatic rings. The Balaban J connectivity index is 0.00000576. The van der Waals surface area contributed by atoms with Crippen molar-refractivity contribution in [1.82, 2.24) is 20.4 Å². The van der Waals surface area contributed by atoms with Crippen molar-refractivity contribution in [1.29, 1.82) is 0 Å². The third kappa shape index (κ3) is 8.92. The molecule has 1 rings (SSSR count). The summed E-state index contributed by atoms with van der Waals surface area (Å²) in [4.78, 5) is 4.74. The molecule has 1 aromatic heterocycles. The van der Waals surface area contributed by atoms with Crippen LogP contribution in [0, 0.1) is 19.3 Å². The lowest BCUT2D eigenvalue weighted by Crippen LogP contribution is -2.42. The van der Waals surface area contributed by atoms with Crippen LogP contribution in [0.4, 0.5) is 0 Å². The van der Waals surface area contributed by atoms with E-state index in [9.17, 15) is 0 Å². The summed E-state index contributed by atoms with van der Waals surface area (Å²) in [5.74, 6) is 0.915. The molecule has 0 aliphatic carbocycles. The molecule has 1 aromatic rings. The largest absolute Gasteiger partial charge is 0.357 e. The van der Waals surface area contributed by atoms with Gasteiger partial charge in [0.2, 0.25) is 0 Å². The molecule has 0 saturated heterocycles. The fourth-order valence-corrected chi connectivity index (χ4v) is 2.73. The highest BCUT2D eigenvalue weighted by atomic mass is 127. The minimum Gasteiger partial charge on any atom is -0.357 e. The lowest BCUT2D eigenvalue weighted by molar-refractivity contribution is 0.346. The van der Waals surface area contributed by atoms with Crippen LogP contribution in [0.2, 0.25) is 0 Å². The molecule has 0 bridgehead atoms. The molecule has 146 valence electrons. The molecule has 0 saturated carbocycles. The van der Waals surface area contributed by atoms with Crippen LogP contribution in [0.5, 0.6) is 0 Å². The predicted octanol–water partition coefficient (Wildman–Crippen LogP) is 3.97. The number of aromatic nitrogens is 2. The van der Waals surface area contributed by atoms with Crippen LogP contribution in [0.15, 0.2) is 4.99 Å². The van der Waals surface area contributed by atoms with Crippen molar-refractivity contribution in [2.24, 2.45) is 17.5 Å². The summed E-state index contributed by atoms with van der Waals surface area (Å²) in [6.07, 6.45) is 3.28. The van der Waals surface area contributed by atoms with Crippen molar-refractivity contribution in [3.8, 4) is 0 Å². The fraction of sp³-hybridized carbons (Fsp3) is 0.789. The summed E-state index contributed by atoms with van der Waals surface area (Å²) in [6, 6.07) is 0.420. The molecule has 0 spiro atoms. The molecule has 0 amide bonds. The van der Waals surface area contributed by atoms with E-state index in [1.807, 2.05) is 11.7 Å². The maximum Gasteiger partial charge on any atom is 0.191 e. The first-order valence-corrected chi connectivity index (χ1v) is 9.18. The van der Waals surface area contributed by atoms with Crippen molar-refractivity contribution in [2.75, 3.05) is 13.1 Å². The molecule has 25 heavy (non-hydrogen) atoms. The van der Waals surface area contributed by atoms with Gasteiger partial charge in [-0.2, -0.15) is 5.10 Å². The Kier molecular flexibility index (Phi) is 10.7. The summed E-state index contributed by atoms with van der Waals surface area (Å²) in [6.45, 7) is 17.0. The first kappa shape index (κ1) is 24.2. The van der Waals surface area contributed by atoms with Crippen molar-refractivity contribution in [3.05, 3.63) is 17.0 Å². The topological polar surface area (TPSA) is 54.2 Å². The number of aliphatic imine (C=N–C) groups is 1. The molecule has 1 atom stereocenters. The summed E-state index contributed by atoms with van der Waals surface area (Å²) >= 11 is 0. The number of rotatable bonds is 7. The molecule has 1 heterocycles. The standard InChI is InChI=1S/C19H37N5.HI/c1-9-20-18(22-14(2)10-12-19(5,6)7)21-13-11-17-15(3)23-24(8)16(17)4;/h14H,9-13H2,1-8H3,(H2,20,21,22);1H. The van der Waals surface area contributed by atoms with Crippen LogP contribution in [-0.4, -0.2) is 34.9 Å². The minimum atomic E-state index is 0. The molecule has 1 unspecified atom stereocenters. The van der Waals surface area contributed by atoms with Crippen molar-refractivity contribution in [2.45, 2.75) is 73.8 Å². The van der Waals surface area contributed by atoms with Crippen LogP contribution in [0.1, 0.15) is 64.4 Å². The first-order valence-electron chi connectivity index (χ1n) is 9.18. The highest BCUT2D eigenvalue weighted by Gasteiger charge is 2.13. The van der Waals surface area contributed by atoms with Gasteiger partial charge in [0.15, 0.2) is 5.96 Å². The monoisotopic (exact) mass is 463 g/mol. The van der Waals surface area contributed by atoms with E-state index >= 15 is 0 Å². The Labute approximate surface area is 171 Å². The molecule has 0 fully saturated rings. The maximum absolute atomic E-state index is 4.74. The zero-order valence-corrected chi connectivity index (χ0v) is 19.7. The van der Waals surface area contributed by atoms with Crippen LogP contribution in [-0.2, 0) is 13.5 Å². The van der Waals surface area contributed by atoms with E-state index < -0.39 is 0 Å². The maximum atomic E-state index is 4.74. The second-order valence-electron chi connectivity index (χ2n) is 7.93. The molecule has 0 aliphatic heterocycles. The summed E-state index contributed by atoms with van der Waals surface area (Å²) in [7, 11) is 2.00. The van der Waals surface area contributed by atoms with E-state index in [1.54, 1.807) is 0 Å². The van der Waals surface area contributed by atoms with E-state index in [0.717, 1.165) is 37.6 Å². The SMILES string of the molecule is CCNC(=NCCc1c(C)nn(C)c1C)NC(C)CCC(C)(C)C.I. The fourth-order valence-electron chi connectivity index (χ4n) is 2.73. The number of hydrogen-bond acceptors (Lipinski definition) is 2. The van der Waals surface area contributed by atoms with E-state index in [4.69, 9.17) is 4.99 Å². The Bertz CT molecular complexity index is 543. The number of guanidine groups is 1. The van der Waals surface area contributed by atoms with Gasteiger partial charge in [-0.25, -0.2) is 0 Å². The Morgan fingerprint density at radius 3 is 2.40 bits per heavy atom. The van der Waals surface area contributed by atoms with Gasteiger partial charge >= 0.3 is 0 Å². The predicted molar refractivity (Wildman–Crippen MR) is 119 cm³/mol. The van der Waals surface area contributed by atoms with Gasteiger partial charge in [0, 0.05) is 31.9 Å². The summed E-state index contributed by atoms with van der Waals surface area (Å²) in [5.41, 5.74) is 4.04. The minimum absolute atomic E-state index is 0. The third-order valence-corrected chi connectivity index (χ3v) is 4.35. The molecule has 5 nitrogen and oxygen atoms in total. The third-order valence-electron chi connectivity index (χ3n) is 4.35. The molecule has 0 aromatic carbocycles. The van der Waals surface area contributed by atoms with Crippen molar-refractivity contribution < 1.29 is 0 Å².